The van der Waals surface area contributed by atoms with E-state index in [4.69, 9.17) is 0 Å². The standard InChI is InChI=1S/C16H19NOS/c1-5-13-8-6-7-10(2)15(13)17-16(18)14-9-11(3)12(4)19-14/h6-9H,5H2,1-4H3,(H,17,18). The summed E-state index contributed by atoms with van der Waals surface area (Å²) in [5.74, 6) is -0.00907. The summed E-state index contributed by atoms with van der Waals surface area (Å²) < 4.78 is 0. The minimum atomic E-state index is -0.00907. The normalized spacial score (nSPS) is 10.5. The van der Waals surface area contributed by atoms with Gasteiger partial charge < -0.3 is 5.32 Å². The molecular weight excluding hydrogens is 254 g/mol. The Balaban J connectivity index is 2.28. The molecular formula is C16H19NOS. The minimum absolute atomic E-state index is 0.00907. The molecule has 1 aromatic heterocycles. The highest BCUT2D eigenvalue weighted by molar-refractivity contribution is 7.14. The predicted octanol–water partition coefficient (Wildman–Crippen LogP) is 4.49. The van der Waals surface area contributed by atoms with Crippen LogP contribution in [0.5, 0.6) is 0 Å². The Morgan fingerprint density at radius 1 is 1.21 bits per heavy atom. The third-order valence-electron chi connectivity index (χ3n) is 3.37. The summed E-state index contributed by atoms with van der Waals surface area (Å²) in [5, 5.41) is 3.06. The van der Waals surface area contributed by atoms with Crippen LogP contribution in [0.2, 0.25) is 0 Å². The van der Waals surface area contributed by atoms with Crippen molar-refractivity contribution in [3.63, 3.8) is 0 Å². The van der Waals surface area contributed by atoms with Crippen molar-refractivity contribution >= 4 is 22.9 Å². The zero-order valence-corrected chi connectivity index (χ0v) is 12.6. The van der Waals surface area contributed by atoms with E-state index in [2.05, 4.69) is 18.3 Å². The number of carbonyl (C=O) groups excluding carboxylic acids is 1. The Hall–Kier alpha value is -1.61. The quantitative estimate of drug-likeness (QED) is 0.877. The van der Waals surface area contributed by atoms with Gasteiger partial charge >= 0.3 is 0 Å². The Bertz CT molecular complexity index is 594. The van der Waals surface area contributed by atoms with Gasteiger partial charge in [0.05, 0.1) is 4.88 Å². The Morgan fingerprint density at radius 3 is 2.53 bits per heavy atom. The van der Waals surface area contributed by atoms with E-state index in [0.717, 1.165) is 22.5 Å². The topological polar surface area (TPSA) is 29.1 Å². The van der Waals surface area contributed by atoms with Crippen LogP contribution in [0, 0.1) is 20.8 Å². The highest BCUT2D eigenvalue weighted by atomic mass is 32.1. The van der Waals surface area contributed by atoms with Gasteiger partial charge in [0.2, 0.25) is 0 Å². The van der Waals surface area contributed by atoms with Crippen LogP contribution in [-0.2, 0) is 6.42 Å². The molecule has 0 aliphatic carbocycles. The first-order chi connectivity index (χ1) is 9.02. The minimum Gasteiger partial charge on any atom is -0.321 e. The number of anilines is 1. The van der Waals surface area contributed by atoms with Crippen molar-refractivity contribution in [1.82, 2.24) is 0 Å². The molecule has 0 saturated heterocycles. The highest BCUT2D eigenvalue weighted by Crippen LogP contribution is 2.25. The molecule has 0 bridgehead atoms. The number of thiophene rings is 1. The number of amides is 1. The lowest BCUT2D eigenvalue weighted by atomic mass is 10.1. The summed E-state index contributed by atoms with van der Waals surface area (Å²) in [5.41, 5.74) is 4.42. The van der Waals surface area contributed by atoms with Crippen LogP contribution in [0.25, 0.3) is 0 Å². The van der Waals surface area contributed by atoms with Gasteiger partial charge in [-0.3, -0.25) is 4.79 Å². The van der Waals surface area contributed by atoms with Crippen LogP contribution < -0.4 is 5.32 Å². The SMILES string of the molecule is CCc1cccc(C)c1NC(=O)c1cc(C)c(C)s1. The van der Waals surface area contributed by atoms with Crippen molar-refractivity contribution in [1.29, 1.82) is 0 Å². The summed E-state index contributed by atoms with van der Waals surface area (Å²) in [6.07, 6.45) is 0.916. The van der Waals surface area contributed by atoms with Crippen molar-refractivity contribution in [2.45, 2.75) is 34.1 Å². The van der Waals surface area contributed by atoms with Crippen LogP contribution in [0.3, 0.4) is 0 Å². The summed E-state index contributed by atoms with van der Waals surface area (Å²) in [6, 6.07) is 8.08. The second kappa shape index (κ2) is 5.57. The molecule has 2 aromatic rings. The van der Waals surface area contributed by atoms with Gasteiger partial charge in [-0.25, -0.2) is 0 Å². The van der Waals surface area contributed by atoms with E-state index in [-0.39, 0.29) is 5.91 Å². The maximum atomic E-state index is 12.3. The molecule has 3 heteroatoms. The highest BCUT2D eigenvalue weighted by Gasteiger charge is 2.13. The maximum absolute atomic E-state index is 12.3. The second-order valence-corrected chi connectivity index (χ2v) is 6.02. The molecule has 0 spiro atoms. The Labute approximate surface area is 118 Å². The predicted molar refractivity (Wildman–Crippen MR) is 82.3 cm³/mol. The molecule has 1 heterocycles. The second-order valence-electron chi connectivity index (χ2n) is 4.77. The van der Waals surface area contributed by atoms with Gasteiger partial charge in [0, 0.05) is 10.6 Å². The third kappa shape index (κ3) is 2.87. The fraction of sp³-hybridized carbons (Fsp3) is 0.312. The largest absolute Gasteiger partial charge is 0.321 e. The number of benzene rings is 1. The molecule has 19 heavy (non-hydrogen) atoms. The first-order valence-electron chi connectivity index (χ1n) is 6.49. The van der Waals surface area contributed by atoms with Crippen LogP contribution in [0.1, 0.15) is 38.2 Å². The molecule has 1 amide bonds. The van der Waals surface area contributed by atoms with E-state index >= 15 is 0 Å². The number of aryl methyl sites for hydroxylation is 4. The number of hydrogen-bond acceptors (Lipinski definition) is 2. The summed E-state index contributed by atoms with van der Waals surface area (Å²) in [7, 11) is 0. The van der Waals surface area contributed by atoms with Crippen molar-refractivity contribution < 1.29 is 4.79 Å². The zero-order valence-electron chi connectivity index (χ0n) is 11.8. The molecule has 0 radical (unpaired) electrons. The van der Waals surface area contributed by atoms with E-state index in [1.165, 1.54) is 16.0 Å². The van der Waals surface area contributed by atoms with Gasteiger partial charge in [0.1, 0.15) is 0 Å². The molecule has 2 rings (SSSR count). The smallest absolute Gasteiger partial charge is 0.265 e. The average molecular weight is 273 g/mol. The van der Waals surface area contributed by atoms with Crippen LogP contribution in [-0.4, -0.2) is 5.91 Å². The van der Waals surface area contributed by atoms with Crippen molar-refractivity contribution in [2.24, 2.45) is 0 Å². The summed E-state index contributed by atoms with van der Waals surface area (Å²) >= 11 is 1.55. The first kappa shape index (κ1) is 13.8. The lowest BCUT2D eigenvalue weighted by Gasteiger charge is -2.12. The molecule has 0 fully saturated rings. The van der Waals surface area contributed by atoms with Gasteiger partial charge in [0.15, 0.2) is 0 Å². The van der Waals surface area contributed by atoms with Crippen LogP contribution in [0.15, 0.2) is 24.3 Å². The fourth-order valence-corrected chi connectivity index (χ4v) is 2.99. The van der Waals surface area contributed by atoms with Gasteiger partial charge in [-0.15, -0.1) is 11.3 Å². The zero-order chi connectivity index (χ0) is 14.0. The van der Waals surface area contributed by atoms with E-state index in [0.29, 0.717) is 0 Å². The van der Waals surface area contributed by atoms with Gasteiger partial charge in [-0.1, -0.05) is 25.1 Å². The monoisotopic (exact) mass is 273 g/mol. The number of nitrogens with one attached hydrogen (secondary N) is 1. The summed E-state index contributed by atoms with van der Waals surface area (Å²) in [4.78, 5) is 14.3. The maximum Gasteiger partial charge on any atom is 0.265 e. The molecule has 0 unspecified atom stereocenters. The summed E-state index contributed by atoms with van der Waals surface area (Å²) in [6.45, 7) is 8.21. The Morgan fingerprint density at radius 2 is 1.95 bits per heavy atom. The average Bonchev–Trinajstić information content (AvgIpc) is 2.72. The molecule has 2 nitrogen and oxygen atoms in total. The number of rotatable bonds is 3. The number of carbonyl (C=O) groups is 1. The number of hydrogen-bond donors (Lipinski definition) is 1. The molecule has 0 atom stereocenters. The molecule has 0 saturated carbocycles. The number of para-hydroxylation sites is 1. The first-order valence-corrected chi connectivity index (χ1v) is 7.31. The third-order valence-corrected chi connectivity index (χ3v) is 4.52. The van der Waals surface area contributed by atoms with Crippen molar-refractivity contribution in [2.75, 3.05) is 5.32 Å². The molecule has 0 aliphatic heterocycles. The Kier molecular flexibility index (Phi) is 4.05. The van der Waals surface area contributed by atoms with E-state index in [1.54, 1.807) is 11.3 Å². The van der Waals surface area contributed by atoms with Gasteiger partial charge in [-0.2, -0.15) is 0 Å². The lowest BCUT2D eigenvalue weighted by molar-refractivity contribution is 0.103. The van der Waals surface area contributed by atoms with Gasteiger partial charge in [-0.05, 0) is 49.9 Å². The van der Waals surface area contributed by atoms with E-state index in [1.807, 2.05) is 39.0 Å². The molecule has 0 aliphatic rings. The van der Waals surface area contributed by atoms with Crippen molar-refractivity contribution in [3.8, 4) is 0 Å². The van der Waals surface area contributed by atoms with Crippen molar-refractivity contribution in [3.05, 3.63) is 50.7 Å². The fourth-order valence-electron chi connectivity index (χ4n) is 2.06. The molecule has 1 aromatic carbocycles. The van der Waals surface area contributed by atoms with Crippen LogP contribution in [0.4, 0.5) is 5.69 Å². The lowest BCUT2D eigenvalue weighted by Crippen LogP contribution is -2.12. The molecule has 100 valence electrons. The van der Waals surface area contributed by atoms with E-state index in [9.17, 15) is 4.79 Å². The van der Waals surface area contributed by atoms with Gasteiger partial charge in [0.25, 0.3) is 5.91 Å². The molecule has 1 N–H and O–H groups in total. The van der Waals surface area contributed by atoms with E-state index < -0.39 is 0 Å². The van der Waals surface area contributed by atoms with Crippen LogP contribution >= 0.6 is 11.3 Å².